The standard InChI is InChI=1S/C32H30F3N5O4S/c33-28-27(32(41)42)26(29(34)31(30(28)35)37-38-36)25-21-11-9-19(39-13-5-1-2-6-14-39)17-23(21)45(43,44)24-18-20(10-12-22(24)25)40-15-7-3-4-8-16-40/h9-12,17-18H,1-8,13-16H2. The summed E-state index contributed by atoms with van der Waals surface area (Å²) in [6.07, 6.45) is 12.4. The SMILES string of the molecule is [N-]=[N+]=Nc1c(F)c(F)c(C(=O)[O-])c(C2=C3C=CC(=[N+]4CCCCCC4)C=C3S(=O)(=O)c3cc(N4CCCCCC4)ccc32)c1F. The first-order valence-electron chi connectivity index (χ1n) is 15.0. The van der Waals surface area contributed by atoms with E-state index in [0.717, 1.165) is 51.4 Å². The highest BCUT2D eigenvalue weighted by Gasteiger charge is 2.40. The monoisotopic (exact) mass is 637 g/mol. The number of azide groups is 1. The van der Waals surface area contributed by atoms with E-state index >= 15 is 8.78 Å². The van der Waals surface area contributed by atoms with Crippen molar-refractivity contribution in [1.29, 1.82) is 0 Å². The average molecular weight is 638 g/mol. The largest absolute Gasteiger partial charge is 0.545 e. The van der Waals surface area contributed by atoms with Crippen LogP contribution in [-0.2, 0) is 9.84 Å². The molecule has 0 atom stereocenters. The first-order valence-corrected chi connectivity index (χ1v) is 16.5. The van der Waals surface area contributed by atoms with E-state index < -0.39 is 50.1 Å². The van der Waals surface area contributed by atoms with Crippen LogP contribution in [0.15, 0.2) is 56.9 Å². The van der Waals surface area contributed by atoms with Crippen molar-refractivity contribution in [3.63, 3.8) is 0 Å². The number of carbonyl (C=O) groups is 1. The van der Waals surface area contributed by atoms with Crippen molar-refractivity contribution in [2.45, 2.75) is 56.3 Å². The number of benzene rings is 2. The molecule has 3 heterocycles. The molecular formula is C32H30F3N5O4S. The number of carboxylic acids is 1. The quantitative estimate of drug-likeness (QED) is 0.136. The van der Waals surface area contributed by atoms with Gasteiger partial charge < -0.3 is 14.8 Å². The normalized spacial score (nSPS) is 19.6. The number of aromatic carboxylic acids is 1. The minimum absolute atomic E-state index is 0.0945. The van der Waals surface area contributed by atoms with Crippen LogP contribution in [0.4, 0.5) is 24.5 Å². The van der Waals surface area contributed by atoms with Crippen molar-refractivity contribution >= 4 is 38.5 Å². The molecule has 9 nitrogen and oxygen atoms in total. The minimum atomic E-state index is -4.28. The molecule has 0 N–H and O–H groups in total. The topological polar surface area (TPSA) is 129 Å². The molecule has 0 spiro atoms. The Morgan fingerprint density at radius 3 is 2.24 bits per heavy atom. The van der Waals surface area contributed by atoms with E-state index in [0.29, 0.717) is 37.6 Å². The van der Waals surface area contributed by atoms with Crippen LogP contribution in [-0.4, -0.2) is 50.9 Å². The zero-order chi connectivity index (χ0) is 31.9. The molecule has 0 amide bonds. The molecule has 0 saturated carbocycles. The number of nitrogens with zero attached hydrogens (tertiary/aromatic N) is 5. The molecule has 2 aromatic rings. The Balaban J connectivity index is 1.69. The van der Waals surface area contributed by atoms with Gasteiger partial charge >= 0.3 is 0 Å². The third kappa shape index (κ3) is 5.33. The highest BCUT2D eigenvalue weighted by atomic mass is 32.2. The van der Waals surface area contributed by atoms with Gasteiger partial charge in [0.25, 0.3) is 0 Å². The average Bonchev–Trinajstić information content (AvgIpc) is 3.48. The van der Waals surface area contributed by atoms with E-state index in [4.69, 9.17) is 5.53 Å². The molecule has 2 fully saturated rings. The summed E-state index contributed by atoms with van der Waals surface area (Å²) in [5.41, 5.74) is 5.93. The smallest absolute Gasteiger partial charge is 0.208 e. The summed E-state index contributed by atoms with van der Waals surface area (Å²) < 4.78 is 77.2. The maximum atomic E-state index is 16.2. The summed E-state index contributed by atoms with van der Waals surface area (Å²) in [4.78, 5) is 16.3. The van der Waals surface area contributed by atoms with Crippen LogP contribution in [0, 0.1) is 17.5 Å². The van der Waals surface area contributed by atoms with Crippen LogP contribution in [0.2, 0.25) is 0 Å². The minimum Gasteiger partial charge on any atom is -0.545 e. The van der Waals surface area contributed by atoms with Gasteiger partial charge in [-0.25, -0.2) is 26.2 Å². The molecule has 3 aliphatic heterocycles. The fourth-order valence-corrected chi connectivity index (χ4v) is 8.38. The Kier molecular flexibility index (Phi) is 8.32. The van der Waals surface area contributed by atoms with Crippen molar-refractivity contribution in [2.24, 2.45) is 5.11 Å². The molecule has 45 heavy (non-hydrogen) atoms. The molecule has 1 aliphatic carbocycles. The van der Waals surface area contributed by atoms with Gasteiger partial charge in [-0.05, 0) is 49.4 Å². The second kappa shape index (κ2) is 12.2. The van der Waals surface area contributed by atoms with Gasteiger partial charge in [-0.3, -0.25) is 0 Å². The maximum Gasteiger partial charge on any atom is 0.208 e. The number of anilines is 1. The van der Waals surface area contributed by atoms with E-state index in [1.807, 2.05) is 0 Å². The number of halogens is 3. The van der Waals surface area contributed by atoms with Gasteiger partial charge in [0, 0.05) is 76.5 Å². The lowest BCUT2D eigenvalue weighted by molar-refractivity contribution is -0.524. The zero-order valence-electron chi connectivity index (χ0n) is 24.4. The zero-order valence-corrected chi connectivity index (χ0v) is 25.2. The summed E-state index contributed by atoms with van der Waals surface area (Å²) in [5.74, 6) is -7.85. The van der Waals surface area contributed by atoms with Crippen LogP contribution < -0.4 is 10.0 Å². The van der Waals surface area contributed by atoms with E-state index in [9.17, 15) is 22.7 Å². The summed E-state index contributed by atoms with van der Waals surface area (Å²) in [6, 6.07) is 4.56. The van der Waals surface area contributed by atoms with E-state index in [-0.39, 0.29) is 26.5 Å². The van der Waals surface area contributed by atoms with Crippen molar-refractivity contribution in [3.8, 4) is 0 Å². The number of hydrogen-bond donors (Lipinski definition) is 0. The Morgan fingerprint density at radius 1 is 0.933 bits per heavy atom. The summed E-state index contributed by atoms with van der Waals surface area (Å²) in [5, 5.41) is 15.2. The molecule has 6 rings (SSSR count). The van der Waals surface area contributed by atoms with Crippen molar-refractivity contribution < 1.29 is 36.1 Å². The second-order valence-electron chi connectivity index (χ2n) is 11.6. The summed E-state index contributed by atoms with van der Waals surface area (Å²) in [6.45, 7) is 2.81. The number of fused-ring (bicyclic) bond motifs is 2. The van der Waals surface area contributed by atoms with Gasteiger partial charge in [-0.2, -0.15) is 0 Å². The van der Waals surface area contributed by atoms with Gasteiger partial charge in [0.05, 0.1) is 15.8 Å². The first kappa shape index (κ1) is 30.7. The Bertz CT molecular complexity index is 1890. The Labute approximate surface area is 258 Å². The molecule has 4 aliphatic rings. The fraction of sp³-hybridized carbons (Fsp3) is 0.375. The molecule has 234 valence electrons. The van der Waals surface area contributed by atoms with Crippen LogP contribution >= 0.6 is 0 Å². The van der Waals surface area contributed by atoms with Gasteiger partial charge in [0.1, 0.15) is 24.6 Å². The Morgan fingerprint density at radius 2 is 1.60 bits per heavy atom. The van der Waals surface area contributed by atoms with Crippen LogP contribution in [0.5, 0.6) is 0 Å². The highest BCUT2D eigenvalue weighted by Crippen LogP contribution is 2.49. The summed E-state index contributed by atoms with van der Waals surface area (Å²) >= 11 is 0. The number of carboxylic acid groups (broad SMARTS) is 1. The van der Waals surface area contributed by atoms with Gasteiger partial charge in [-0.15, -0.1) is 0 Å². The predicted octanol–water partition coefficient (Wildman–Crippen LogP) is 5.86. The van der Waals surface area contributed by atoms with Gasteiger partial charge in [0.2, 0.25) is 15.5 Å². The number of carbonyl (C=O) groups excluding carboxylic acids is 1. The molecule has 0 unspecified atom stereocenters. The van der Waals surface area contributed by atoms with Crippen molar-refractivity contribution in [2.75, 3.05) is 31.1 Å². The highest BCUT2D eigenvalue weighted by molar-refractivity contribution is 7.95. The van der Waals surface area contributed by atoms with Crippen molar-refractivity contribution in [1.82, 2.24) is 0 Å². The maximum absolute atomic E-state index is 16.2. The summed E-state index contributed by atoms with van der Waals surface area (Å²) in [7, 11) is -4.28. The fourth-order valence-electron chi connectivity index (χ4n) is 6.67. The number of allylic oxidation sites excluding steroid dienone is 4. The van der Waals surface area contributed by atoms with Crippen LogP contribution in [0.1, 0.15) is 72.9 Å². The van der Waals surface area contributed by atoms with E-state index in [2.05, 4.69) is 19.5 Å². The molecule has 0 aromatic heterocycles. The Hall–Kier alpha value is -4.35. The predicted molar refractivity (Wildman–Crippen MR) is 160 cm³/mol. The van der Waals surface area contributed by atoms with Gasteiger partial charge in [0.15, 0.2) is 11.6 Å². The molecule has 0 radical (unpaired) electrons. The molecule has 2 aromatic carbocycles. The molecule has 13 heteroatoms. The molecule has 0 bridgehead atoms. The second-order valence-corrected chi connectivity index (χ2v) is 13.4. The van der Waals surface area contributed by atoms with Gasteiger partial charge in [-0.1, -0.05) is 24.0 Å². The number of hydrogen-bond acceptors (Lipinski definition) is 6. The third-order valence-corrected chi connectivity index (χ3v) is 10.7. The third-order valence-electron chi connectivity index (χ3n) is 8.89. The number of rotatable bonds is 4. The van der Waals surface area contributed by atoms with Crippen LogP contribution in [0.3, 0.4) is 0 Å². The first-order chi connectivity index (χ1) is 21.6. The molecular weight excluding hydrogens is 607 g/mol. The number of sulfone groups is 1. The lowest BCUT2D eigenvalue weighted by Gasteiger charge is -2.30. The van der Waals surface area contributed by atoms with Crippen LogP contribution in [0.25, 0.3) is 16.0 Å². The molecule has 2 saturated heterocycles. The van der Waals surface area contributed by atoms with E-state index in [1.54, 1.807) is 12.1 Å². The van der Waals surface area contributed by atoms with Crippen molar-refractivity contribution in [3.05, 3.63) is 91.5 Å². The lowest BCUT2D eigenvalue weighted by Crippen LogP contribution is -2.29. The lowest BCUT2D eigenvalue weighted by atomic mass is 9.86. The van der Waals surface area contributed by atoms with E-state index in [1.165, 1.54) is 24.3 Å².